The van der Waals surface area contributed by atoms with Gasteiger partial charge in [0.1, 0.15) is 12.6 Å². The highest BCUT2D eigenvalue weighted by molar-refractivity contribution is 6.42. The molecule has 1 aliphatic heterocycles. The third-order valence-electron chi connectivity index (χ3n) is 4.64. The molecule has 1 aliphatic carbocycles. The normalized spacial score (nSPS) is 23.6. The van der Waals surface area contributed by atoms with E-state index in [9.17, 15) is 14.4 Å². The third kappa shape index (κ3) is 3.44. The summed E-state index contributed by atoms with van der Waals surface area (Å²) in [5, 5.41) is 0.777. The van der Waals surface area contributed by atoms with Crippen LogP contribution < -0.4 is 0 Å². The van der Waals surface area contributed by atoms with E-state index in [0.29, 0.717) is 28.5 Å². The molecule has 132 valence electrons. The number of fused-ring (bicyclic) bond motifs is 1. The van der Waals surface area contributed by atoms with Gasteiger partial charge in [0.2, 0.25) is 11.8 Å². The van der Waals surface area contributed by atoms with Crippen LogP contribution in [0.25, 0.3) is 0 Å². The van der Waals surface area contributed by atoms with Crippen LogP contribution >= 0.6 is 23.2 Å². The van der Waals surface area contributed by atoms with E-state index in [2.05, 4.69) is 0 Å². The topological polar surface area (TPSA) is 63.7 Å². The molecule has 0 aromatic heterocycles. The third-order valence-corrected chi connectivity index (χ3v) is 5.37. The Morgan fingerprint density at radius 2 is 1.76 bits per heavy atom. The maximum atomic E-state index is 12.5. The van der Waals surface area contributed by atoms with Gasteiger partial charge in [-0.15, -0.1) is 0 Å². The van der Waals surface area contributed by atoms with Crippen molar-refractivity contribution in [3.63, 3.8) is 0 Å². The zero-order chi connectivity index (χ0) is 18.1. The Kier molecular flexibility index (Phi) is 5.16. The summed E-state index contributed by atoms with van der Waals surface area (Å²) in [6.45, 7) is 1.50. The Morgan fingerprint density at radius 1 is 1.16 bits per heavy atom. The van der Waals surface area contributed by atoms with Crippen molar-refractivity contribution in [3.05, 3.63) is 46.0 Å². The van der Waals surface area contributed by atoms with Crippen LogP contribution in [0, 0.1) is 11.8 Å². The number of carbonyl (C=O) groups is 3. The average Bonchev–Trinajstić information content (AvgIpc) is 2.86. The standard InChI is InChI=1S/C18H17Cl2NO4/c1-10(18(24)25-9-11-6-7-14(19)15(20)8-11)21-16(22)12-4-2-3-5-13(12)17(21)23/h2-3,6-8,10,12-13H,4-5,9H2,1H3/t10-,12-,13-/m0/s1. The van der Waals surface area contributed by atoms with Crippen molar-refractivity contribution >= 4 is 41.0 Å². The number of hydrogen-bond donors (Lipinski definition) is 0. The van der Waals surface area contributed by atoms with E-state index in [-0.39, 0.29) is 30.3 Å². The van der Waals surface area contributed by atoms with Gasteiger partial charge in [0, 0.05) is 0 Å². The molecule has 1 fully saturated rings. The molecule has 5 nitrogen and oxygen atoms in total. The lowest BCUT2D eigenvalue weighted by Gasteiger charge is -2.21. The number of esters is 1. The molecule has 0 saturated carbocycles. The SMILES string of the molecule is C[C@@H](C(=O)OCc1ccc(Cl)c(Cl)c1)N1C(=O)[C@H]2CC=CC[C@@H]2C1=O. The van der Waals surface area contributed by atoms with Crippen molar-refractivity contribution in [2.45, 2.75) is 32.4 Å². The van der Waals surface area contributed by atoms with Gasteiger partial charge < -0.3 is 4.74 Å². The smallest absolute Gasteiger partial charge is 0.329 e. The summed E-state index contributed by atoms with van der Waals surface area (Å²) >= 11 is 11.8. The van der Waals surface area contributed by atoms with E-state index in [4.69, 9.17) is 27.9 Å². The zero-order valence-corrected chi connectivity index (χ0v) is 15.1. The highest BCUT2D eigenvalue weighted by atomic mass is 35.5. The Labute approximate surface area is 155 Å². The minimum atomic E-state index is -0.951. The molecule has 0 radical (unpaired) electrons. The molecule has 3 rings (SSSR count). The van der Waals surface area contributed by atoms with Crippen LogP contribution in [0.5, 0.6) is 0 Å². The molecule has 1 aromatic rings. The molecule has 2 amide bonds. The van der Waals surface area contributed by atoms with Gasteiger partial charge in [-0.1, -0.05) is 41.4 Å². The van der Waals surface area contributed by atoms with E-state index < -0.39 is 12.0 Å². The van der Waals surface area contributed by atoms with Crippen LogP contribution in [0.1, 0.15) is 25.3 Å². The van der Waals surface area contributed by atoms with Gasteiger partial charge in [-0.05, 0) is 37.5 Å². The molecular weight excluding hydrogens is 365 g/mol. The van der Waals surface area contributed by atoms with Crippen LogP contribution in [-0.2, 0) is 25.7 Å². The molecule has 7 heteroatoms. The Hall–Kier alpha value is -1.85. The Balaban J connectivity index is 1.65. The fourth-order valence-electron chi connectivity index (χ4n) is 3.22. The minimum Gasteiger partial charge on any atom is -0.459 e. The van der Waals surface area contributed by atoms with E-state index >= 15 is 0 Å². The number of allylic oxidation sites excluding steroid dienone is 2. The maximum Gasteiger partial charge on any atom is 0.329 e. The van der Waals surface area contributed by atoms with Crippen molar-refractivity contribution in [3.8, 4) is 0 Å². The van der Waals surface area contributed by atoms with Crippen molar-refractivity contribution in [2.75, 3.05) is 0 Å². The number of carbonyl (C=O) groups excluding carboxylic acids is 3. The lowest BCUT2D eigenvalue weighted by Crippen LogP contribution is -2.44. The number of rotatable bonds is 4. The Bertz CT molecular complexity index is 735. The number of ether oxygens (including phenoxy) is 1. The van der Waals surface area contributed by atoms with Crippen molar-refractivity contribution < 1.29 is 19.1 Å². The summed E-state index contributed by atoms with van der Waals surface area (Å²) < 4.78 is 5.24. The first kappa shape index (κ1) is 18.0. The van der Waals surface area contributed by atoms with Gasteiger partial charge in [0.05, 0.1) is 21.9 Å². The highest BCUT2D eigenvalue weighted by Crippen LogP contribution is 2.36. The molecule has 2 aliphatic rings. The summed E-state index contributed by atoms with van der Waals surface area (Å²) in [5.74, 6) is -1.93. The lowest BCUT2D eigenvalue weighted by molar-refractivity contribution is -0.159. The number of amides is 2. The van der Waals surface area contributed by atoms with Gasteiger partial charge in [0.25, 0.3) is 0 Å². The second-order valence-electron chi connectivity index (χ2n) is 6.23. The maximum absolute atomic E-state index is 12.5. The first-order valence-corrected chi connectivity index (χ1v) is 8.78. The quantitative estimate of drug-likeness (QED) is 0.455. The minimum absolute atomic E-state index is 0.00923. The van der Waals surface area contributed by atoms with Gasteiger partial charge in [-0.3, -0.25) is 14.5 Å². The second-order valence-corrected chi connectivity index (χ2v) is 7.05. The van der Waals surface area contributed by atoms with Crippen LogP contribution in [0.3, 0.4) is 0 Å². The molecular formula is C18H17Cl2NO4. The number of benzene rings is 1. The number of hydrogen-bond acceptors (Lipinski definition) is 4. The monoisotopic (exact) mass is 381 g/mol. The molecule has 1 aromatic carbocycles. The molecule has 0 bridgehead atoms. The summed E-state index contributed by atoms with van der Waals surface area (Å²) in [7, 11) is 0. The van der Waals surface area contributed by atoms with Crippen LogP contribution in [0.4, 0.5) is 0 Å². The first-order valence-electron chi connectivity index (χ1n) is 8.02. The molecule has 1 heterocycles. The van der Waals surface area contributed by atoms with Crippen LogP contribution in [0.15, 0.2) is 30.4 Å². The molecule has 3 atom stereocenters. The van der Waals surface area contributed by atoms with Crippen LogP contribution in [0.2, 0.25) is 10.0 Å². The van der Waals surface area contributed by atoms with E-state index in [0.717, 1.165) is 4.90 Å². The van der Waals surface area contributed by atoms with Crippen molar-refractivity contribution in [1.29, 1.82) is 0 Å². The largest absolute Gasteiger partial charge is 0.459 e. The number of imide groups is 1. The molecule has 25 heavy (non-hydrogen) atoms. The van der Waals surface area contributed by atoms with Crippen molar-refractivity contribution in [1.82, 2.24) is 4.90 Å². The van der Waals surface area contributed by atoms with E-state index in [1.807, 2.05) is 12.2 Å². The lowest BCUT2D eigenvalue weighted by atomic mass is 9.85. The summed E-state index contributed by atoms with van der Waals surface area (Å²) in [4.78, 5) is 38.3. The molecule has 0 N–H and O–H groups in total. The molecule has 0 spiro atoms. The first-order chi connectivity index (χ1) is 11.9. The van der Waals surface area contributed by atoms with E-state index in [1.54, 1.807) is 18.2 Å². The average molecular weight is 382 g/mol. The number of halogens is 2. The number of likely N-dealkylation sites (tertiary alicyclic amines) is 1. The fourth-order valence-corrected chi connectivity index (χ4v) is 3.54. The second kappa shape index (κ2) is 7.18. The van der Waals surface area contributed by atoms with Crippen LogP contribution in [-0.4, -0.2) is 28.7 Å². The zero-order valence-electron chi connectivity index (χ0n) is 13.6. The Morgan fingerprint density at radius 3 is 2.32 bits per heavy atom. The van der Waals surface area contributed by atoms with Gasteiger partial charge in [-0.2, -0.15) is 0 Å². The summed E-state index contributed by atoms with van der Waals surface area (Å²) in [6, 6.07) is 3.96. The summed E-state index contributed by atoms with van der Waals surface area (Å²) in [5.41, 5.74) is 0.673. The number of nitrogens with zero attached hydrogens (tertiary/aromatic N) is 1. The molecule has 0 unspecified atom stereocenters. The fraction of sp³-hybridized carbons (Fsp3) is 0.389. The van der Waals surface area contributed by atoms with Crippen molar-refractivity contribution in [2.24, 2.45) is 11.8 Å². The predicted molar refractivity (Wildman–Crippen MR) is 92.9 cm³/mol. The van der Waals surface area contributed by atoms with Gasteiger partial charge in [0.15, 0.2) is 0 Å². The van der Waals surface area contributed by atoms with E-state index in [1.165, 1.54) is 6.92 Å². The predicted octanol–water partition coefficient (Wildman–Crippen LogP) is 3.38. The molecule has 1 saturated heterocycles. The summed E-state index contributed by atoms with van der Waals surface area (Å²) in [6.07, 6.45) is 4.89. The highest BCUT2D eigenvalue weighted by Gasteiger charge is 2.50. The van der Waals surface area contributed by atoms with Gasteiger partial charge in [-0.25, -0.2) is 4.79 Å². The van der Waals surface area contributed by atoms with Gasteiger partial charge >= 0.3 is 5.97 Å².